The zero-order valence-electron chi connectivity index (χ0n) is 11.7. The Morgan fingerprint density at radius 2 is 1.68 bits per heavy atom. The van der Waals surface area contributed by atoms with E-state index in [2.05, 4.69) is 24.2 Å². The molecule has 0 fully saturated rings. The van der Waals surface area contributed by atoms with E-state index in [0.29, 0.717) is 0 Å². The van der Waals surface area contributed by atoms with Crippen LogP contribution in [0.3, 0.4) is 0 Å². The Bertz CT molecular complexity index is 664. The first-order valence-corrected chi connectivity index (χ1v) is 6.23. The van der Waals surface area contributed by atoms with Gasteiger partial charge in [-0.3, -0.25) is 4.79 Å². The molecule has 1 N–H and O–H groups in total. The number of benzene rings is 1. The molecule has 0 aliphatic heterocycles. The topological polar surface area (TPSA) is 55.1 Å². The molecule has 0 bridgehead atoms. The molecule has 0 radical (unpaired) electrons. The largest absolute Gasteiger partial charge is 0.390 e. The molecule has 4 heteroatoms. The highest BCUT2D eigenvalue weighted by Gasteiger charge is 2.11. The molecule has 4 nitrogen and oxygen atoms in total. The lowest BCUT2D eigenvalue weighted by Gasteiger charge is -2.16. The van der Waals surface area contributed by atoms with Crippen molar-refractivity contribution < 1.29 is 5.11 Å². The number of aromatic nitrogens is 2. The second-order valence-electron chi connectivity index (χ2n) is 4.91. The average Bonchev–Trinajstić information content (AvgIpc) is 2.30. The summed E-state index contributed by atoms with van der Waals surface area (Å²) >= 11 is 0. The van der Waals surface area contributed by atoms with Crippen LogP contribution in [0.1, 0.15) is 28.1 Å². The summed E-state index contributed by atoms with van der Waals surface area (Å²) in [5.74, 6) is 0. The predicted octanol–water partition coefficient (Wildman–Crippen LogP) is 1.96. The summed E-state index contributed by atoms with van der Waals surface area (Å²) in [7, 11) is 0. The van der Waals surface area contributed by atoms with Gasteiger partial charge >= 0.3 is 0 Å². The van der Waals surface area contributed by atoms with E-state index in [0.717, 1.165) is 22.5 Å². The van der Waals surface area contributed by atoms with Gasteiger partial charge < -0.3 is 5.11 Å². The molecule has 0 saturated carbocycles. The van der Waals surface area contributed by atoms with E-state index in [4.69, 9.17) is 0 Å². The molecular weight excluding hydrogens is 240 g/mol. The number of hydrogen-bond acceptors (Lipinski definition) is 3. The Balaban J connectivity index is 2.76. The molecule has 19 heavy (non-hydrogen) atoms. The lowest BCUT2D eigenvalue weighted by atomic mass is 10.0. The number of aliphatic hydroxyl groups excluding tert-OH is 1. The van der Waals surface area contributed by atoms with Gasteiger partial charge in [0.1, 0.15) is 5.69 Å². The Hall–Kier alpha value is -1.94. The van der Waals surface area contributed by atoms with Crippen molar-refractivity contribution in [1.82, 2.24) is 9.78 Å². The molecule has 2 rings (SSSR count). The third-order valence-corrected chi connectivity index (χ3v) is 3.18. The highest BCUT2D eigenvalue weighted by Crippen LogP contribution is 2.21. The summed E-state index contributed by atoms with van der Waals surface area (Å²) in [5.41, 5.74) is 5.07. The first-order valence-electron chi connectivity index (χ1n) is 6.23. The molecule has 0 atom stereocenters. The molecule has 1 aromatic heterocycles. The predicted molar refractivity (Wildman–Crippen MR) is 74.7 cm³/mol. The molecule has 100 valence electrons. The fraction of sp³-hybridized carbons (Fsp3) is 0.333. The molecule has 0 spiro atoms. The van der Waals surface area contributed by atoms with Gasteiger partial charge in [-0.15, -0.1) is 0 Å². The molecule has 1 aromatic carbocycles. The maximum Gasteiger partial charge on any atom is 0.206 e. The first kappa shape index (κ1) is 13.5. The van der Waals surface area contributed by atoms with Crippen molar-refractivity contribution in [2.45, 2.75) is 34.3 Å². The monoisotopic (exact) mass is 258 g/mol. The molecule has 0 aliphatic rings. The SMILES string of the molecule is Cc1cc(C)c(-n2nc(CO)c(=O)cc2C)c(C)c1. The average molecular weight is 258 g/mol. The van der Waals surface area contributed by atoms with Crippen molar-refractivity contribution >= 4 is 0 Å². The summed E-state index contributed by atoms with van der Waals surface area (Å²) < 4.78 is 1.73. The fourth-order valence-corrected chi connectivity index (χ4v) is 2.43. The van der Waals surface area contributed by atoms with E-state index in [1.54, 1.807) is 4.68 Å². The summed E-state index contributed by atoms with van der Waals surface area (Å²) in [4.78, 5) is 11.6. The number of aryl methyl sites for hydroxylation is 4. The minimum atomic E-state index is -0.344. The van der Waals surface area contributed by atoms with Crippen molar-refractivity contribution in [1.29, 1.82) is 0 Å². The Morgan fingerprint density at radius 1 is 1.11 bits per heavy atom. The normalized spacial score (nSPS) is 10.8. The smallest absolute Gasteiger partial charge is 0.206 e. The van der Waals surface area contributed by atoms with Crippen LogP contribution in [0, 0.1) is 27.7 Å². The molecule has 1 heterocycles. The number of aliphatic hydroxyl groups is 1. The molecule has 0 unspecified atom stereocenters. The number of nitrogens with zero attached hydrogens (tertiary/aromatic N) is 2. The van der Waals surface area contributed by atoms with Gasteiger partial charge in [0.25, 0.3) is 0 Å². The van der Waals surface area contributed by atoms with Gasteiger partial charge in [0.2, 0.25) is 5.43 Å². The Kier molecular flexibility index (Phi) is 3.53. The van der Waals surface area contributed by atoms with Gasteiger partial charge in [-0.05, 0) is 38.8 Å². The fourth-order valence-electron chi connectivity index (χ4n) is 2.43. The van der Waals surface area contributed by atoms with Crippen LogP contribution in [0.5, 0.6) is 0 Å². The van der Waals surface area contributed by atoms with Crippen LogP contribution < -0.4 is 5.43 Å². The van der Waals surface area contributed by atoms with Crippen LogP contribution in [-0.4, -0.2) is 14.9 Å². The Labute approximate surface area is 112 Å². The summed E-state index contributed by atoms with van der Waals surface area (Å²) in [5, 5.41) is 13.5. The zero-order valence-corrected chi connectivity index (χ0v) is 11.7. The lowest BCUT2D eigenvalue weighted by molar-refractivity contribution is 0.273. The zero-order chi connectivity index (χ0) is 14.2. The third kappa shape index (κ3) is 2.44. The number of hydrogen-bond donors (Lipinski definition) is 1. The number of rotatable bonds is 2. The van der Waals surface area contributed by atoms with Crippen molar-refractivity contribution in [3.63, 3.8) is 0 Å². The van der Waals surface area contributed by atoms with E-state index >= 15 is 0 Å². The summed E-state index contributed by atoms with van der Waals surface area (Å²) in [6, 6.07) is 5.68. The van der Waals surface area contributed by atoms with E-state index in [9.17, 15) is 9.90 Å². The summed E-state index contributed by atoms with van der Waals surface area (Å²) in [6.07, 6.45) is 0. The Morgan fingerprint density at radius 3 is 2.21 bits per heavy atom. The van der Waals surface area contributed by atoms with Gasteiger partial charge in [0.05, 0.1) is 12.3 Å². The van der Waals surface area contributed by atoms with Crippen LogP contribution in [0.15, 0.2) is 23.0 Å². The van der Waals surface area contributed by atoms with Crippen molar-refractivity contribution in [3.8, 4) is 5.69 Å². The van der Waals surface area contributed by atoms with E-state index in [1.165, 1.54) is 11.6 Å². The highest BCUT2D eigenvalue weighted by atomic mass is 16.3. The van der Waals surface area contributed by atoms with Crippen LogP contribution in [0.4, 0.5) is 0 Å². The molecule has 0 aliphatic carbocycles. The van der Waals surface area contributed by atoms with Gasteiger partial charge in [-0.1, -0.05) is 17.7 Å². The van der Waals surface area contributed by atoms with Crippen LogP contribution in [-0.2, 0) is 6.61 Å². The highest BCUT2D eigenvalue weighted by molar-refractivity contribution is 5.49. The van der Waals surface area contributed by atoms with Crippen molar-refractivity contribution in [2.75, 3.05) is 0 Å². The minimum Gasteiger partial charge on any atom is -0.390 e. The van der Waals surface area contributed by atoms with Gasteiger partial charge in [-0.2, -0.15) is 5.10 Å². The van der Waals surface area contributed by atoms with E-state index < -0.39 is 0 Å². The van der Waals surface area contributed by atoms with E-state index in [-0.39, 0.29) is 17.7 Å². The molecule has 0 saturated heterocycles. The molecular formula is C15H18N2O2. The molecule has 0 amide bonds. The van der Waals surface area contributed by atoms with Gasteiger partial charge in [-0.25, -0.2) is 4.68 Å². The van der Waals surface area contributed by atoms with Gasteiger partial charge in [0, 0.05) is 11.8 Å². The summed E-state index contributed by atoms with van der Waals surface area (Å²) in [6.45, 7) is 7.59. The van der Waals surface area contributed by atoms with Crippen molar-refractivity contribution in [2.24, 2.45) is 0 Å². The lowest BCUT2D eigenvalue weighted by Crippen LogP contribution is -2.19. The first-order chi connectivity index (χ1) is 8.93. The van der Waals surface area contributed by atoms with Crippen LogP contribution in [0.25, 0.3) is 5.69 Å². The van der Waals surface area contributed by atoms with Crippen LogP contribution >= 0.6 is 0 Å². The standard InChI is InChI=1S/C15H18N2O2/c1-9-5-10(2)15(11(3)6-9)17-12(4)7-14(19)13(8-18)16-17/h5-7,18H,8H2,1-4H3. The third-order valence-electron chi connectivity index (χ3n) is 3.18. The maximum absolute atomic E-state index is 11.6. The maximum atomic E-state index is 11.6. The second-order valence-corrected chi connectivity index (χ2v) is 4.91. The quantitative estimate of drug-likeness (QED) is 0.896. The minimum absolute atomic E-state index is 0.171. The van der Waals surface area contributed by atoms with E-state index in [1.807, 2.05) is 20.8 Å². The van der Waals surface area contributed by atoms with Gasteiger partial charge in [0.15, 0.2) is 0 Å². The molecule has 2 aromatic rings. The second kappa shape index (κ2) is 4.97. The van der Waals surface area contributed by atoms with Crippen molar-refractivity contribution in [3.05, 3.63) is 56.5 Å². The van der Waals surface area contributed by atoms with Crippen LogP contribution in [0.2, 0.25) is 0 Å².